The highest BCUT2D eigenvalue weighted by molar-refractivity contribution is 9.10. The molecule has 1 aliphatic rings. The van der Waals surface area contributed by atoms with Crippen molar-refractivity contribution in [3.8, 4) is 0 Å². The number of carbonyl (C=O) groups excluding carboxylic acids is 2. The molecule has 2 rings (SSSR count). The second kappa shape index (κ2) is 5.74. The number of nitrogens with zero attached hydrogens (tertiary/aromatic N) is 1. The average Bonchev–Trinajstić information content (AvgIpc) is 2.80. The molecule has 0 unspecified atom stereocenters. The van der Waals surface area contributed by atoms with Crippen LogP contribution in [0.1, 0.15) is 17.3 Å². The van der Waals surface area contributed by atoms with Crippen LogP contribution in [0.15, 0.2) is 28.7 Å². The summed E-state index contributed by atoms with van der Waals surface area (Å²) in [6.07, 6.45) is 0. The fourth-order valence-corrected chi connectivity index (χ4v) is 2.63. The van der Waals surface area contributed by atoms with Gasteiger partial charge in [0.2, 0.25) is 0 Å². The topological polar surface area (TPSA) is 46.6 Å². The molecular weight excluding hydrogens is 310 g/mol. The maximum atomic E-state index is 12.3. The lowest BCUT2D eigenvalue weighted by Gasteiger charge is -2.16. The Morgan fingerprint density at radius 1 is 1.26 bits per heavy atom. The van der Waals surface area contributed by atoms with E-state index in [1.165, 1.54) is 7.11 Å². The molecule has 0 aliphatic carbocycles. The quantitative estimate of drug-likeness (QED) is 0.784. The summed E-state index contributed by atoms with van der Waals surface area (Å²) in [6.45, 7) is 2.99. The molecule has 1 saturated heterocycles. The van der Waals surface area contributed by atoms with E-state index >= 15 is 0 Å². The second-order valence-electron chi connectivity index (χ2n) is 4.82. The van der Waals surface area contributed by atoms with Crippen LogP contribution in [0, 0.1) is 11.8 Å². The van der Waals surface area contributed by atoms with Crippen molar-refractivity contribution in [2.24, 2.45) is 11.8 Å². The first-order chi connectivity index (χ1) is 9.02. The molecule has 1 aromatic carbocycles. The van der Waals surface area contributed by atoms with E-state index in [2.05, 4.69) is 15.9 Å². The van der Waals surface area contributed by atoms with Crippen LogP contribution in [0.4, 0.5) is 0 Å². The molecule has 19 heavy (non-hydrogen) atoms. The fourth-order valence-electron chi connectivity index (χ4n) is 2.37. The highest BCUT2D eigenvalue weighted by Gasteiger charge is 2.37. The number of hydrogen-bond acceptors (Lipinski definition) is 3. The minimum atomic E-state index is -0.237. The Kier molecular flexibility index (Phi) is 4.24. The third-order valence-electron chi connectivity index (χ3n) is 3.49. The van der Waals surface area contributed by atoms with Crippen molar-refractivity contribution in [3.05, 3.63) is 34.3 Å². The highest BCUT2D eigenvalue weighted by Crippen LogP contribution is 2.25. The number of rotatable bonds is 2. The van der Waals surface area contributed by atoms with Crippen molar-refractivity contribution in [1.82, 2.24) is 4.90 Å². The van der Waals surface area contributed by atoms with E-state index in [-0.39, 0.29) is 23.7 Å². The number of benzene rings is 1. The lowest BCUT2D eigenvalue weighted by molar-refractivity contribution is -0.146. The van der Waals surface area contributed by atoms with E-state index in [4.69, 9.17) is 4.74 Å². The molecule has 0 bridgehead atoms. The normalized spacial score (nSPS) is 22.4. The number of methoxy groups -OCH3 is 1. The van der Waals surface area contributed by atoms with Crippen LogP contribution in [-0.4, -0.2) is 37.0 Å². The first-order valence-electron chi connectivity index (χ1n) is 6.15. The van der Waals surface area contributed by atoms with E-state index in [0.717, 1.165) is 4.47 Å². The number of amides is 1. The standard InChI is InChI=1S/C14H16BrNO3/c1-9-7-16(8-12(9)14(18)19-2)13(17)10-3-5-11(15)6-4-10/h3-6,9,12H,7-8H2,1-2H3/t9-,12-/m1/s1. The molecule has 102 valence electrons. The van der Waals surface area contributed by atoms with Gasteiger partial charge in [-0.15, -0.1) is 0 Å². The number of likely N-dealkylation sites (tertiary alicyclic amines) is 1. The van der Waals surface area contributed by atoms with Crippen molar-refractivity contribution in [2.75, 3.05) is 20.2 Å². The van der Waals surface area contributed by atoms with E-state index in [1.807, 2.05) is 19.1 Å². The number of ether oxygens (including phenoxy) is 1. The van der Waals surface area contributed by atoms with Crippen LogP contribution in [0.25, 0.3) is 0 Å². The summed E-state index contributed by atoms with van der Waals surface area (Å²) in [6, 6.07) is 7.24. The smallest absolute Gasteiger partial charge is 0.310 e. The molecule has 2 atom stereocenters. The molecular formula is C14H16BrNO3. The van der Waals surface area contributed by atoms with Gasteiger partial charge in [-0.2, -0.15) is 0 Å². The van der Waals surface area contributed by atoms with Crippen molar-refractivity contribution < 1.29 is 14.3 Å². The van der Waals surface area contributed by atoms with E-state index in [1.54, 1.807) is 17.0 Å². The summed E-state index contributed by atoms with van der Waals surface area (Å²) in [7, 11) is 1.38. The maximum Gasteiger partial charge on any atom is 0.310 e. The molecule has 0 N–H and O–H groups in total. The molecule has 0 spiro atoms. The first-order valence-corrected chi connectivity index (χ1v) is 6.95. The first kappa shape index (κ1) is 14.1. The minimum absolute atomic E-state index is 0.0363. The van der Waals surface area contributed by atoms with Crippen molar-refractivity contribution in [2.45, 2.75) is 6.92 Å². The summed E-state index contributed by atoms with van der Waals surface area (Å²) in [5, 5.41) is 0. The summed E-state index contributed by atoms with van der Waals surface area (Å²) >= 11 is 3.34. The Morgan fingerprint density at radius 3 is 2.47 bits per heavy atom. The molecule has 1 fully saturated rings. The fraction of sp³-hybridized carbons (Fsp3) is 0.429. The lowest BCUT2D eigenvalue weighted by Crippen LogP contribution is -2.30. The zero-order valence-electron chi connectivity index (χ0n) is 10.9. The number of carbonyl (C=O) groups is 2. The van der Waals surface area contributed by atoms with Gasteiger partial charge >= 0.3 is 5.97 Å². The Bertz CT molecular complexity index is 486. The van der Waals surface area contributed by atoms with Crippen LogP contribution >= 0.6 is 15.9 Å². The molecule has 1 amide bonds. The van der Waals surface area contributed by atoms with Gasteiger partial charge in [0.25, 0.3) is 5.91 Å². The summed E-state index contributed by atoms with van der Waals surface area (Å²) in [5.74, 6) is -0.361. The molecule has 1 aromatic rings. The SMILES string of the molecule is COC(=O)[C@@H]1CN(C(=O)c2ccc(Br)cc2)C[C@H]1C. The van der Waals surface area contributed by atoms with Crippen molar-refractivity contribution >= 4 is 27.8 Å². The molecule has 1 heterocycles. The summed E-state index contributed by atoms with van der Waals surface area (Å²) < 4.78 is 5.71. The van der Waals surface area contributed by atoms with Crippen LogP contribution in [-0.2, 0) is 9.53 Å². The zero-order valence-corrected chi connectivity index (χ0v) is 12.5. The molecule has 0 radical (unpaired) electrons. The van der Waals surface area contributed by atoms with Crippen LogP contribution in [0.2, 0.25) is 0 Å². The van der Waals surface area contributed by atoms with Gasteiger partial charge in [0.15, 0.2) is 0 Å². The third-order valence-corrected chi connectivity index (χ3v) is 4.02. The molecule has 4 nitrogen and oxygen atoms in total. The van der Waals surface area contributed by atoms with Crippen molar-refractivity contribution in [3.63, 3.8) is 0 Å². The average molecular weight is 326 g/mol. The monoisotopic (exact) mass is 325 g/mol. The lowest BCUT2D eigenvalue weighted by atomic mass is 9.99. The van der Waals surface area contributed by atoms with E-state index in [9.17, 15) is 9.59 Å². The predicted molar refractivity (Wildman–Crippen MR) is 74.7 cm³/mol. The van der Waals surface area contributed by atoms with Crippen LogP contribution in [0.3, 0.4) is 0 Å². The van der Waals surface area contributed by atoms with Crippen LogP contribution in [0.5, 0.6) is 0 Å². The van der Waals surface area contributed by atoms with Gasteiger partial charge in [0, 0.05) is 23.1 Å². The predicted octanol–water partition coefficient (Wildman–Crippen LogP) is 2.33. The van der Waals surface area contributed by atoms with Crippen LogP contribution < -0.4 is 0 Å². The largest absolute Gasteiger partial charge is 0.469 e. The van der Waals surface area contributed by atoms with Gasteiger partial charge in [-0.3, -0.25) is 9.59 Å². The Hall–Kier alpha value is -1.36. The van der Waals surface area contributed by atoms with Gasteiger partial charge in [-0.25, -0.2) is 0 Å². The molecule has 0 saturated carbocycles. The van der Waals surface area contributed by atoms with Gasteiger partial charge in [0.1, 0.15) is 0 Å². The summed E-state index contributed by atoms with van der Waals surface area (Å²) in [4.78, 5) is 25.6. The third kappa shape index (κ3) is 2.97. The number of halogens is 1. The minimum Gasteiger partial charge on any atom is -0.469 e. The van der Waals surface area contributed by atoms with Gasteiger partial charge in [-0.1, -0.05) is 22.9 Å². The molecule has 5 heteroatoms. The highest BCUT2D eigenvalue weighted by atomic mass is 79.9. The number of esters is 1. The second-order valence-corrected chi connectivity index (χ2v) is 5.74. The van der Waals surface area contributed by atoms with Gasteiger partial charge < -0.3 is 9.64 Å². The van der Waals surface area contributed by atoms with E-state index < -0.39 is 0 Å². The molecule has 1 aliphatic heterocycles. The van der Waals surface area contributed by atoms with Gasteiger partial charge in [-0.05, 0) is 30.2 Å². The Morgan fingerprint density at radius 2 is 1.89 bits per heavy atom. The zero-order chi connectivity index (χ0) is 14.0. The number of hydrogen-bond donors (Lipinski definition) is 0. The molecule has 0 aromatic heterocycles. The Balaban J connectivity index is 2.09. The van der Waals surface area contributed by atoms with Crippen molar-refractivity contribution in [1.29, 1.82) is 0 Å². The summed E-state index contributed by atoms with van der Waals surface area (Å²) in [5.41, 5.74) is 0.640. The Labute approximate surface area is 120 Å². The van der Waals surface area contributed by atoms with Gasteiger partial charge in [0.05, 0.1) is 13.0 Å². The van der Waals surface area contributed by atoms with E-state index in [0.29, 0.717) is 18.7 Å². The maximum absolute atomic E-state index is 12.3.